The Labute approximate surface area is 76.9 Å². The van der Waals surface area contributed by atoms with Crippen LogP contribution in [0.25, 0.3) is 0 Å². The topological polar surface area (TPSA) is 49.3 Å². The molecule has 0 aliphatic heterocycles. The van der Waals surface area contributed by atoms with Crippen molar-refractivity contribution in [3.63, 3.8) is 0 Å². The standard InChI is InChI=1S/C8H15NO2S/c1-2-12-6-5-9-8(3-4-8)7(10)11/h9H,2-6H2,1H3,(H,10,11). The lowest BCUT2D eigenvalue weighted by atomic mass is 10.3. The van der Waals surface area contributed by atoms with E-state index in [-0.39, 0.29) is 0 Å². The Morgan fingerprint density at radius 2 is 2.33 bits per heavy atom. The highest BCUT2D eigenvalue weighted by molar-refractivity contribution is 7.99. The highest BCUT2D eigenvalue weighted by Crippen LogP contribution is 2.35. The Morgan fingerprint density at radius 1 is 1.67 bits per heavy atom. The molecule has 12 heavy (non-hydrogen) atoms. The zero-order chi connectivity index (χ0) is 9.03. The summed E-state index contributed by atoms with van der Waals surface area (Å²) in [5, 5.41) is 11.9. The molecule has 0 aromatic carbocycles. The van der Waals surface area contributed by atoms with Crippen LogP contribution in [0, 0.1) is 0 Å². The number of carboxylic acids is 1. The summed E-state index contributed by atoms with van der Waals surface area (Å²) in [6.45, 7) is 2.92. The van der Waals surface area contributed by atoms with E-state index in [1.54, 1.807) is 0 Å². The summed E-state index contributed by atoms with van der Waals surface area (Å²) >= 11 is 1.83. The van der Waals surface area contributed by atoms with Gasteiger partial charge in [0.2, 0.25) is 0 Å². The van der Waals surface area contributed by atoms with Crippen LogP contribution in [0.5, 0.6) is 0 Å². The van der Waals surface area contributed by atoms with Gasteiger partial charge >= 0.3 is 5.97 Å². The van der Waals surface area contributed by atoms with Crippen LogP contribution < -0.4 is 5.32 Å². The van der Waals surface area contributed by atoms with Crippen LogP contribution in [0.15, 0.2) is 0 Å². The van der Waals surface area contributed by atoms with Crippen molar-refractivity contribution < 1.29 is 9.90 Å². The number of hydrogen-bond donors (Lipinski definition) is 2. The van der Waals surface area contributed by atoms with Gasteiger partial charge < -0.3 is 10.4 Å². The van der Waals surface area contributed by atoms with Gasteiger partial charge in [-0.25, -0.2) is 0 Å². The zero-order valence-electron chi connectivity index (χ0n) is 7.30. The summed E-state index contributed by atoms with van der Waals surface area (Å²) < 4.78 is 0. The van der Waals surface area contributed by atoms with Gasteiger partial charge in [-0.3, -0.25) is 4.79 Å². The van der Waals surface area contributed by atoms with Crippen LogP contribution in [0.4, 0.5) is 0 Å². The molecule has 1 aliphatic rings. The van der Waals surface area contributed by atoms with Crippen LogP contribution in [0.3, 0.4) is 0 Å². The summed E-state index contributed by atoms with van der Waals surface area (Å²) in [6.07, 6.45) is 1.58. The number of carboxylic acid groups (broad SMARTS) is 1. The predicted octanol–water partition coefficient (Wildman–Crippen LogP) is 0.946. The smallest absolute Gasteiger partial charge is 0.323 e. The van der Waals surface area contributed by atoms with Crippen molar-refractivity contribution in [2.24, 2.45) is 0 Å². The summed E-state index contributed by atoms with van der Waals surface area (Å²) in [5.41, 5.74) is -0.547. The van der Waals surface area contributed by atoms with Crippen LogP contribution in [0.2, 0.25) is 0 Å². The van der Waals surface area contributed by atoms with Gasteiger partial charge in [-0.2, -0.15) is 11.8 Å². The lowest BCUT2D eigenvalue weighted by molar-refractivity contribution is -0.140. The molecule has 1 aliphatic carbocycles. The van der Waals surface area contributed by atoms with Gasteiger partial charge in [-0.05, 0) is 18.6 Å². The van der Waals surface area contributed by atoms with E-state index in [1.807, 2.05) is 11.8 Å². The van der Waals surface area contributed by atoms with Gasteiger partial charge in [0.05, 0.1) is 0 Å². The third kappa shape index (κ3) is 2.38. The lowest BCUT2D eigenvalue weighted by Gasteiger charge is -2.11. The van der Waals surface area contributed by atoms with E-state index in [1.165, 1.54) is 0 Å². The maximum absolute atomic E-state index is 10.7. The lowest BCUT2D eigenvalue weighted by Crippen LogP contribution is -2.40. The monoisotopic (exact) mass is 189 g/mol. The SMILES string of the molecule is CCSCCNC1(C(=O)O)CC1. The fourth-order valence-electron chi connectivity index (χ4n) is 1.10. The van der Waals surface area contributed by atoms with Gasteiger partial charge in [0, 0.05) is 12.3 Å². The quantitative estimate of drug-likeness (QED) is 0.611. The number of thioether (sulfide) groups is 1. The Balaban J connectivity index is 2.10. The van der Waals surface area contributed by atoms with E-state index >= 15 is 0 Å². The maximum atomic E-state index is 10.7. The van der Waals surface area contributed by atoms with E-state index in [9.17, 15) is 4.79 Å². The second-order valence-electron chi connectivity index (χ2n) is 3.01. The van der Waals surface area contributed by atoms with Crippen molar-refractivity contribution in [1.82, 2.24) is 5.32 Å². The first-order valence-electron chi connectivity index (χ1n) is 4.27. The summed E-state index contributed by atoms with van der Waals surface area (Å²) in [7, 11) is 0. The molecule has 0 radical (unpaired) electrons. The molecule has 0 heterocycles. The van der Waals surface area contributed by atoms with Gasteiger partial charge in [0.25, 0.3) is 0 Å². The molecule has 1 saturated carbocycles. The molecule has 0 saturated heterocycles. The van der Waals surface area contributed by atoms with Gasteiger partial charge in [0.15, 0.2) is 0 Å². The average Bonchev–Trinajstić information content (AvgIpc) is 2.79. The highest BCUT2D eigenvalue weighted by atomic mass is 32.2. The molecule has 0 bridgehead atoms. The van der Waals surface area contributed by atoms with Crippen molar-refractivity contribution >= 4 is 17.7 Å². The molecule has 1 fully saturated rings. The summed E-state index contributed by atoms with van der Waals surface area (Å²) in [5.74, 6) is 1.41. The molecule has 0 aromatic heterocycles. The molecule has 0 atom stereocenters. The van der Waals surface area contributed by atoms with Crippen molar-refractivity contribution in [2.75, 3.05) is 18.1 Å². The van der Waals surface area contributed by atoms with Gasteiger partial charge in [-0.1, -0.05) is 6.92 Å². The normalized spacial score (nSPS) is 19.1. The minimum atomic E-state index is -0.691. The van der Waals surface area contributed by atoms with Gasteiger partial charge in [-0.15, -0.1) is 0 Å². The summed E-state index contributed by atoms with van der Waals surface area (Å²) in [4.78, 5) is 10.7. The molecule has 1 rings (SSSR count). The molecule has 70 valence electrons. The largest absolute Gasteiger partial charge is 0.480 e. The number of carbonyl (C=O) groups is 1. The van der Waals surface area contributed by atoms with E-state index in [0.29, 0.717) is 0 Å². The highest BCUT2D eigenvalue weighted by Gasteiger charge is 2.49. The third-order valence-corrected chi connectivity index (χ3v) is 2.97. The number of hydrogen-bond acceptors (Lipinski definition) is 3. The molecule has 2 N–H and O–H groups in total. The average molecular weight is 189 g/mol. The van der Waals surface area contributed by atoms with Crippen LogP contribution >= 0.6 is 11.8 Å². The second-order valence-corrected chi connectivity index (χ2v) is 4.40. The molecular formula is C8H15NO2S. The first-order chi connectivity index (χ1) is 5.71. The molecule has 0 spiro atoms. The number of rotatable bonds is 6. The Morgan fingerprint density at radius 3 is 2.75 bits per heavy atom. The minimum absolute atomic E-state index is 0.547. The van der Waals surface area contributed by atoms with E-state index in [4.69, 9.17) is 5.11 Å². The number of aliphatic carboxylic acids is 1. The predicted molar refractivity (Wildman–Crippen MR) is 50.6 cm³/mol. The summed E-state index contributed by atoms with van der Waals surface area (Å²) in [6, 6.07) is 0. The van der Waals surface area contributed by atoms with Crippen molar-refractivity contribution in [2.45, 2.75) is 25.3 Å². The molecule has 0 aromatic rings. The van der Waals surface area contributed by atoms with E-state index in [0.717, 1.165) is 30.9 Å². The second kappa shape index (κ2) is 4.14. The fourth-order valence-corrected chi connectivity index (χ4v) is 1.63. The molecule has 0 unspecified atom stereocenters. The van der Waals surface area contributed by atoms with Crippen LogP contribution in [-0.2, 0) is 4.79 Å². The molecular weight excluding hydrogens is 174 g/mol. The van der Waals surface area contributed by atoms with Crippen LogP contribution in [0.1, 0.15) is 19.8 Å². The van der Waals surface area contributed by atoms with Crippen LogP contribution in [-0.4, -0.2) is 34.7 Å². The van der Waals surface area contributed by atoms with E-state index in [2.05, 4.69) is 12.2 Å². The zero-order valence-corrected chi connectivity index (χ0v) is 8.12. The Hall–Kier alpha value is -0.220. The first-order valence-corrected chi connectivity index (χ1v) is 5.43. The van der Waals surface area contributed by atoms with E-state index < -0.39 is 11.5 Å². The first kappa shape index (κ1) is 9.86. The van der Waals surface area contributed by atoms with Gasteiger partial charge in [0.1, 0.15) is 5.54 Å². The molecule has 3 nitrogen and oxygen atoms in total. The third-order valence-electron chi connectivity index (χ3n) is 2.07. The van der Waals surface area contributed by atoms with Crippen molar-refractivity contribution in [3.8, 4) is 0 Å². The van der Waals surface area contributed by atoms with Crippen molar-refractivity contribution in [1.29, 1.82) is 0 Å². The fraction of sp³-hybridized carbons (Fsp3) is 0.875. The Kier molecular flexibility index (Phi) is 3.40. The molecule has 4 heteroatoms. The maximum Gasteiger partial charge on any atom is 0.323 e. The van der Waals surface area contributed by atoms with Crippen molar-refractivity contribution in [3.05, 3.63) is 0 Å². The Bertz CT molecular complexity index is 168. The molecule has 0 amide bonds. The minimum Gasteiger partial charge on any atom is -0.480 e. The number of nitrogens with one attached hydrogen (secondary N) is 1.